The van der Waals surface area contributed by atoms with Gasteiger partial charge in [0, 0.05) is 18.9 Å². The van der Waals surface area contributed by atoms with Crippen LogP contribution in [0.1, 0.15) is 12.8 Å². The van der Waals surface area contributed by atoms with Crippen LogP contribution in [0.25, 0.3) is 0 Å². The van der Waals surface area contributed by atoms with E-state index in [0.29, 0.717) is 37.4 Å². The lowest BCUT2D eigenvalue weighted by atomic mass is 9.90. The average molecular weight is 315 g/mol. The molecule has 0 aromatic heterocycles. The molecular weight excluding hydrogens is 294 g/mol. The van der Waals surface area contributed by atoms with Gasteiger partial charge in [-0.3, -0.25) is 0 Å². The van der Waals surface area contributed by atoms with Crippen LogP contribution >= 0.6 is 0 Å². The summed E-state index contributed by atoms with van der Waals surface area (Å²) in [6.45, 7) is 0.951. The Balaban J connectivity index is 2.39. The van der Waals surface area contributed by atoms with Crippen LogP contribution in [0, 0.1) is 0 Å². The van der Waals surface area contributed by atoms with Gasteiger partial charge in [-0.1, -0.05) is 0 Å². The monoisotopic (exact) mass is 315 g/mol. The fourth-order valence-corrected chi connectivity index (χ4v) is 3.26. The normalized spacial score (nSPS) is 18.4. The molecule has 8 heteroatoms. The molecule has 118 valence electrons. The number of aliphatic hydroxyl groups excluding tert-OH is 1. The molecule has 1 saturated heterocycles. The average Bonchev–Trinajstić information content (AvgIpc) is 2.50. The van der Waals surface area contributed by atoms with Gasteiger partial charge in [0.2, 0.25) is 10.0 Å². The first-order chi connectivity index (χ1) is 9.92. The maximum absolute atomic E-state index is 12.1. The highest BCUT2D eigenvalue weighted by atomic mass is 32.2. The van der Waals surface area contributed by atoms with Gasteiger partial charge >= 0.3 is 0 Å². The molecule has 1 aromatic rings. The highest BCUT2D eigenvalue weighted by molar-refractivity contribution is 7.89. The number of sulfonamides is 1. The molecule has 0 aliphatic carbocycles. The number of nitrogen functional groups attached to an aromatic ring is 1. The van der Waals surface area contributed by atoms with E-state index in [9.17, 15) is 13.5 Å². The van der Waals surface area contributed by atoms with E-state index < -0.39 is 15.6 Å². The van der Waals surface area contributed by atoms with Gasteiger partial charge in [-0.15, -0.1) is 0 Å². The molecule has 0 radical (unpaired) electrons. The second-order valence-electron chi connectivity index (χ2n) is 5.14. The number of nitrogens with two attached hydrogens (primary N) is 1. The van der Waals surface area contributed by atoms with Crippen molar-refractivity contribution in [3.8, 4) is 0 Å². The van der Waals surface area contributed by atoms with Crippen LogP contribution in [0.3, 0.4) is 0 Å². The lowest BCUT2D eigenvalue weighted by molar-refractivity contribution is 0.0379. The lowest BCUT2D eigenvalue weighted by Crippen LogP contribution is -2.47. The van der Waals surface area contributed by atoms with Crippen molar-refractivity contribution in [2.45, 2.75) is 23.3 Å². The highest BCUT2D eigenvalue weighted by Gasteiger charge is 2.33. The zero-order valence-corrected chi connectivity index (χ0v) is 12.7. The summed E-state index contributed by atoms with van der Waals surface area (Å²) in [6, 6.07) is 4.65. The summed E-state index contributed by atoms with van der Waals surface area (Å²) < 4.78 is 31.8. The van der Waals surface area contributed by atoms with Crippen molar-refractivity contribution in [1.82, 2.24) is 4.72 Å². The summed E-state index contributed by atoms with van der Waals surface area (Å²) >= 11 is 0. The van der Waals surface area contributed by atoms with E-state index in [-0.39, 0.29) is 11.5 Å². The molecule has 1 aliphatic heterocycles. The molecule has 2 rings (SSSR count). The Hall–Kier alpha value is -1.35. The van der Waals surface area contributed by atoms with Crippen molar-refractivity contribution in [3.05, 3.63) is 18.2 Å². The van der Waals surface area contributed by atoms with E-state index in [2.05, 4.69) is 10.0 Å². The van der Waals surface area contributed by atoms with E-state index >= 15 is 0 Å². The number of nitrogens with one attached hydrogen (secondary N) is 2. The van der Waals surface area contributed by atoms with Gasteiger partial charge in [0.05, 0.1) is 17.8 Å². The van der Waals surface area contributed by atoms with E-state index in [1.54, 1.807) is 12.1 Å². The molecule has 0 bridgehead atoms. The topological polar surface area (TPSA) is 114 Å². The molecule has 1 aromatic carbocycles. The minimum absolute atomic E-state index is 0.0734. The standard InChI is InChI=1S/C13H21N3O4S/c1-15-21(18,19)12-8-10(14)2-3-11(12)16-13(9-17)4-6-20-7-5-13/h2-3,8,15-17H,4-7,9,14H2,1H3. The third-order valence-corrected chi connectivity index (χ3v) is 5.17. The van der Waals surface area contributed by atoms with Gasteiger partial charge in [-0.05, 0) is 38.1 Å². The minimum atomic E-state index is -3.64. The zero-order chi connectivity index (χ0) is 15.5. The molecule has 7 nitrogen and oxygen atoms in total. The predicted octanol–water partition coefficient (Wildman–Crippen LogP) is 0.130. The number of rotatable bonds is 5. The molecule has 0 atom stereocenters. The zero-order valence-electron chi connectivity index (χ0n) is 11.9. The fourth-order valence-electron chi connectivity index (χ4n) is 2.34. The Morgan fingerprint density at radius 2 is 2.05 bits per heavy atom. The first kappa shape index (κ1) is 16.0. The summed E-state index contributed by atoms with van der Waals surface area (Å²) in [5.41, 5.74) is 5.90. The summed E-state index contributed by atoms with van der Waals surface area (Å²) in [5.74, 6) is 0. The van der Waals surface area contributed by atoms with Gasteiger partial charge < -0.3 is 20.9 Å². The number of anilines is 2. The van der Waals surface area contributed by atoms with Crippen molar-refractivity contribution >= 4 is 21.4 Å². The molecule has 1 heterocycles. The van der Waals surface area contributed by atoms with Crippen molar-refractivity contribution in [3.63, 3.8) is 0 Å². The number of hydrogen-bond acceptors (Lipinski definition) is 6. The van der Waals surface area contributed by atoms with Crippen molar-refractivity contribution in [1.29, 1.82) is 0 Å². The Labute approximate surface area is 124 Å². The van der Waals surface area contributed by atoms with Crippen LogP contribution in [-0.2, 0) is 14.8 Å². The Morgan fingerprint density at radius 1 is 1.38 bits per heavy atom. The van der Waals surface area contributed by atoms with E-state index in [0.717, 1.165) is 0 Å². The first-order valence-corrected chi connectivity index (χ1v) is 8.21. The van der Waals surface area contributed by atoms with Crippen molar-refractivity contribution in [2.75, 3.05) is 37.9 Å². The SMILES string of the molecule is CNS(=O)(=O)c1cc(N)ccc1NC1(CO)CCOCC1. The van der Waals surface area contributed by atoms with Crippen LogP contribution in [0.4, 0.5) is 11.4 Å². The van der Waals surface area contributed by atoms with Crippen LogP contribution in [0.5, 0.6) is 0 Å². The van der Waals surface area contributed by atoms with Crippen LogP contribution in [-0.4, -0.2) is 45.9 Å². The predicted molar refractivity (Wildman–Crippen MR) is 80.6 cm³/mol. The van der Waals surface area contributed by atoms with E-state index in [4.69, 9.17) is 10.5 Å². The largest absolute Gasteiger partial charge is 0.399 e. The van der Waals surface area contributed by atoms with Gasteiger partial charge in [0.1, 0.15) is 4.90 Å². The van der Waals surface area contributed by atoms with Gasteiger partial charge in [0.25, 0.3) is 0 Å². The number of aliphatic hydroxyl groups is 1. The van der Waals surface area contributed by atoms with Crippen LogP contribution < -0.4 is 15.8 Å². The molecule has 0 unspecified atom stereocenters. The Bertz CT molecular complexity index is 597. The lowest BCUT2D eigenvalue weighted by Gasteiger charge is -2.37. The fraction of sp³-hybridized carbons (Fsp3) is 0.538. The number of benzene rings is 1. The third-order valence-electron chi connectivity index (χ3n) is 3.72. The smallest absolute Gasteiger partial charge is 0.242 e. The van der Waals surface area contributed by atoms with Gasteiger partial charge in [0.15, 0.2) is 0 Å². The highest BCUT2D eigenvalue weighted by Crippen LogP contribution is 2.30. The summed E-state index contributed by atoms with van der Waals surface area (Å²) in [5, 5.41) is 12.9. The van der Waals surface area contributed by atoms with Gasteiger partial charge in [-0.2, -0.15) is 0 Å². The molecule has 1 fully saturated rings. The van der Waals surface area contributed by atoms with E-state index in [1.165, 1.54) is 13.1 Å². The van der Waals surface area contributed by atoms with Crippen molar-refractivity contribution in [2.24, 2.45) is 0 Å². The second-order valence-corrected chi connectivity index (χ2v) is 6.99. The summed E-state index contributed by atoms with van der Waals surface area (Å²) in [6.07, 6.45) is 1.21. The molecule has 1 aliphatic rings. The molecule has 0 saturated carbocycles. The number of hydrogen-bond donors (Lipinski definition) is 4. The molecular formula is C13H21N3O4S. The maximum Gasteiger partial charge on any atom is 0.242 e. The van der Waals surface area contributed by atoms with E-state index in [1.807, 2.05) is 0 Å². The van der Waals surface area contributed by atoms with Crippen LogP contribution in [0.2, 0.25) is 0 Å². The second kappa shape index (κ2) is 6.18. The quantitative estimate of drug-likeness (QED) is 0.574. The van der Waals surface area contributed by atoms with Crippen molar-refractivity contribution < 1.29 is 18.3 Å². The first-order valence-electron chi connectivity index (χ1n) is 6.72. The number of ether oxygens (including phenoxy) is 1. The molecule has 0 spiro atoms. The summed E-state index contributed by atoms with van der Waals surface area (Å²) in [4.78, 5) is 0.0734. The third kappa shape index (κ3) is 3.46. The maximum atomic E-state index is 12.1. The molecule has 21 heavy (non-hydrogen) atoms. The summed E-state index contributed by atoms with van der Waals surface area (Å²) in [7, 11) is -2.30. The molecule has 0 amide bonds. The van der Waals surface area contributed by atoms with Crippen LogP contribution in [0.15, 0.2) is 23.1 Å². The minimum Gasteiger partial charge on any atom is -0.399 e. The Kier molecular flexibility index (Phi) is 4.72. The Morgan fingerprint density at radius 3 is 2.62 bits per heavy atom. The molecule has 5 N–H and O–H groups in total. The van der Waals surface area contributed by atoms with Gasteiger partial charge in [-0.25, -0.2) is 13.1 Å².